The first-order valence-corrected chi connectivity index (χ1v) is 3.94. The van der Waals surface area contributed by atoms with Gasteiger partial charge in [-0.05, 0) is 0 Å². The summed E-state index contributed by atoms with van der Waals surface area (Å²) in [6.07, 6.45) is 6.57. The summed E-state index contributed by atoms with van der Waals surface area (Å²) in [5.41, 5.74) is 0. The summed E-state index contributed by atoms with van der Waals surface area (Å²) in [5.74, 6) is 0.468. The Hall–Kier alpha value is -0.990. The van der Waals surface area contributed by atoms with E-state index < -0.39 is 0 Å². The molecule has 2 bridgehead atoms. The standard InChI is InChI=1S/C8H11N3/c1-6-7-2-3-10-8(6)11-5-4-9-7/h3-8H,2H2,1H3/t6-,7?,8?/m1/s1. The van der Waals surface area contributed by atoms with Crippen LogP contribution in [0, 0.1) is 5.92 Å². The molecule has 0 aliphatic carbocycles. The average Bonchev–Trinajstić information content (AvgIpc) is 2.17. The maximum atomic E-state index is 4.36. The zero-order chi connectivity index (χ0) is 7.68. The SMILES string of the molecule is C[C@@H]1C2CC=NC1N=CC=N2. The van der Waals surface area contributed by atoms with E-state index in [-0.39, 0.29) is 6.17 Å². The number of nitrogens with zero attached hydrogens (tertiary/aromatic N) is 3. The molecule has 2 rings (SSSR count). The van der Waals surface area contributed by atoms with Crippen molar-refractivity contribution >= 4 is 18.6 Å². The second-order valence-corrected chi connectivity index (χ2v) is 3.00. The van der Waals surface area contributed by atoms with Crippen molar-refractivity contribution in [2.24, 2.45) is 20.9 Å². The molecule has 0 fully saturated rings. The molecule has 2 aliphatic heterocycles. The summed E-state index contributed by atoms with van der Waals surface area (Å²) in [6, 6.07) is 0.403. The van der Waals surface area contributed by atoms with Gasteiger partial charge in [0, 0.05) is 31.0 Å². The van der Waals surface area contributed by atoms with Crippen LogP contribution in [0.1, 0.15) is 13.3 Å². The first-order chi connectivity index (χ1) is 5.38. The molecule has 0 radical (unpaired) electrons. The van der Waals surface area contributed by atoms with Crippen molar-refractivity contribution in [1.29, 1.82) is 0 Å². The van der Waals surface area contributed by atoms with Gasteiger partial charge >= 0.3 is 0 Å². The van der Waals surface area contributed by atoms with Gasteiger partial charge in [-0.15, -0.1) is 0 Å². The Kier molecular flexibility index (Phi) is 1.56. The molecule has 0 aromatic heterocycles. The number of hydrogen-bond donors (Lipinski definition) is 0. The Bertz CT molecular complexity index is 229. The van der Waals surface area contributed by atoms with Crippen LogP contribution >= 0.6 is 0 Å². The zero-order valence-electron chi connectivity index (χ0n) is 6.51. The number of rotatable bonds is 0. The van der Waals surface area contributed by atoms with Gasteiger partial charge < -0.3 is 0 Å². The van der Waals surface area contributed by atoms with Crippen LogP contribution < -0.4 is 0 Å². The van der Waals surface area contributed by atoms with Crippen molar-refractivity contribution in [3.63, 3.8) is 0 Å². The van der Waals surface area contributed by atoms with Gasteiger partial charge in [0.2, 0.25) is 0 Å². The van der Waals surface area contributed by atoms with Gasteiger partial charge in [-0.2, -0.15) is 0 Å². The minimum atomic E-state index is 0.122. The Morgan fingerprint density at radius 3 is 2.91 bits per heavy atom. The Labute approximate surface area is 66.0 Å². The quantitative estimate of drug-likeness (QED) is 0.491. The molecule has 11 heavy (non-hydrogen) atoms. The van der Waals surface area contributed by atoms with Gasteiger partial charge in [0.25, 0.3) is 0 Å². The van der Waals surface area contributed by atoms with E-state index in [9.17, 15) is 0 Å². The van der Waals surface area contributed by atoms with Crippen LogP contribution in [0.2, 0.25) is 0 Å². The summed E-state index contributed by atoms with van der Waals surface area (Å²) >= 11 is 0. The number of fused-ring (bicyclic) bond motifs is 2. The van der Waals surface area contributed by atoms with Crippen LogP contribution in [0.15, 0.2) is 15.0 Å². The van der Waals surface area contributed by atoms with Crippen LogP contribution in [-0.4, -0.2) is 30.9 Å². The maximum absolute atomic E-state index is 4.36. The Morgan fingerprint density at radius 2 is 2.00 bits per heavy atom. The molecule has 0 aromatic carbocycles. The fourth-order valence-electron chi connectivity index (χ4n) is 1.47. The third-order valence-corrected chi connectivity index (χ3v) is 2.27. The van der Waals surface area contributed by atoms with E-state index in [0.717, 1.165) is 6.42 Å². The Balaban J connectivity index is 2.32. The van der Waals surface area contributed by atoms with Crippen molar-refractivity contribution in [3.05, 3.63) is 0 Å². The highest BCUT2D eigenvalue weighted by molar-refractivity contribution is 6.16. The molecule has 0 spiro atoms. The van der Waals surface area contributed by atoms with Crippen molar-refractivity contribution in [1.82, 2.24) is 0 Å². The third-order valence-electron chi connectivity index (χ3n) is 2.27. The minimum Gasteiger partial charge on any atom is -0.287 e. The van der Waals surface area contributed by atoms with Gasteiger partial charge in [0.05, 0.1) is 6.04 Å². The van der Waals surface area contributed by atoms with E-state index in [4.69, 9.17) is 0 Å². The van der Waals surface area contributed by atoms with E-state index in [1.165, 1.54) is 0 Å². The highest BCUT2D eigenvalue weighted by Crippen LogP contribution is 2.22. The molecule has 58 valence electrons. The smallest absolute Gasteiger partial charge is 0.143 e. The van der Waals surface area contributed by atoms with Gasteiger partial charge in [-0.25, -0.2) is 0 Å². The van der Waals surface area contributed by atoms with Gasteiger partial charge in [0.1, 0.15) is 6.17 Å². The maximum Gasteiger partial charge on any atom is 0.143 e. The van der Waals surface area contributed by atoms with Crippen molar-refractivity contribution in [3.8, 4) is 0 Å². The van der Waals surface area contributed by atoms with E-state index in [2.05, 4.69) is 21.9 Å². The molecule has 2 aliphatic rings. The molecule has 3 atom stereocenters. The fraction of sp³-hybridized carbons (Fsp3) is 0.625. The molecule has 0 amide bonds. The predicted octanol–water partition coefficient (Wildman–Crippen LogP) is 0.947. The van der Waals surface area contributed by atoms with E-state index in [1.54, 1.807) is 12.4 Å². The molecule has 0 saturated carbocycles. The predicted molar refractivity (Wildman–Crippen MR) is 46.8 cm³/mol. The topological polar surface area (TPSA) is 37.1 Å². The average molecular weight is 149 g/mol. The summed E-state index contributed by atoms with van der Waals surface area (Å²) in [4.78, 5) is 12.9. The molecule has 0 N–H and O–H groups in total. The molecule has 3 nitrogen and oxygen atoms in total. The summed E-state index contributed by atoms with van der Waals surface area (Å²) in [6.45, 7) is 2.16. The fourth-order valence-corrected chi connectivity index (χ4v) is 1.47. The molecule has 3 heteroatoms. The second-order valence-electron chi connectivity index (χ2n) is 3.00. The third kappa shape index (κ3) is 1.11. The zero-order valence-corrected chi connectivity index (χ0v) is 6.51. The van der Waals surface area contributed by atoms with E-state index in [0.29, 0.717) is 12.0 Å². The molecule has 0 aromatic rings. The molecule has 2 unspecified atom stereocenters. The van der Waals surface area contributed by atoms with Gasteiger partial charge in [-0.3, -0.25) is 15.0 Å². The largest absolute Gasteiger partial charge is 0.287 e. The lowest BCUT2D eigenvalue weighted by atomic mass is 9.95. The Morgan fingerprint density at radius 1 is 1.18 bits per heavy atom. The normalized spacial score (nSPS) is 40.6. The lowest BCUT2D eigenvalue weighted by molar-refractivity contribution is 0.386. The van der Waals surface area contributed by atoms with Crippen molar-refractivity contribution < 1.29 is 0 Å². The number of hydrogen-bond acceptors (Lipinski definition) is 3. The minimum absolute atomic E-state index is 0.122. The lowest BCUT2D eigenvalue weighted by Crippen LogP contribution is -2.29. The molecular formula is C8H11N3. The first kappa shape index (κ1) is 6.70. The summed E-state index contributed by atoms with van der Waals surface area (Å²) in [5, 5.41) is 0. The van der Waals surface area contributed by atoms with Crippen LogP contribution in [0.25, 0.3) is 0 Å². The van der Waals surface area contributed by atoms with Crippen LogP contribution in [0.5, 0.6) is 0 Å². The summed E-state index contributed by atoms with van der Waals surface area (Å²) < 4.78 is 0. The van der Waals surface area contributed by atoms with Crippen LogP contribution in [0.4, 0.5) is 0 Å². The van der Waals surface area contributed by atoms with Gasteiger partial charge in [0.15, 0.2) is 0 Å². The highest BCUT2D eigenvalue weighted by Gasteiger charge is 2.27. The summed E-state index contributed by atoms with van der Waals surface area (Å²) in [7, 11) is 0. The van der Waals surface area contributed by atoms with Gasteiger partial charge in [-0.1, -0.05) is 6.92 Å². The van der Waals surface area contributed by atoms with Crippen LogP contribution in [-0.2, 0) is 0 Å². The second kappa shape index (κ2) is 2.57. The van der Waals surface area contributed by atoms with Crippen molar-refractivity contribution in [2.75, 3.05) is 0 Å². The van der Waals surface area contributed by atoms with Crippen LogP contribution in [0.3, 0.4) is 0 Å². The van der Waals surface area contributed by atoms with Crippen molar-refractivity contribution in [2.45, 2.75) is 25.6 Å². The monoisotopic (exact) mass is 149 g/mol. The first-order valence-electron chi connectivity index (χ1n) is 3.94. The molecular weight excluding hydrogens is 138 g/mol. The molecule has 0 saturated heterocycles. The molecule has 2 heterocycles. The van der Waals surface area contributed by atoms with E-state index >= 15 is 0 Å². The lowest BCUT2D eigenvalue weighted by Gasteiger charge is -2.24. The van der Waals surface area contributed by atoms with E-state index in [1.807, 2.05) is 6.21 Å². The highest BCUT2D eigenvalue weighted by atomic mass is 15.0. The number of aliphatic imine (C=N–C) groups is 3.